The van der Waals surface area contributed by atoms with Gasteiger partial charge in [0.1, 0.15) is 11.5 Å². The van der Waals surface area contributed by atoms with Crippen molar-refractivity contribution >= 4 is 38.3 Å². The van der Waals surface area contributed by atoms with Crippen LogP contribution in [0.4, 0.5) is 23.4 Å². The second-order valence-corrected chi connectivity index (χ2v) is 7.63. The number of hydrogen-bond acceptors (Lipinski definition) is 5. The molecule has 0 unspecified atom stereocenters. The number of anilines is 1. The van der Waals surface area contributed by atoms with Gasteiger partial charge in [0.25, 0.3) is 22.3 Å². The number of rotatable bonds is 7. The molecule has 0 saturated heterocycles. The molecule has 7 nitrogen and oxygen atoms in total. The molecule has 0 bridgehead atoms. The molecule has 156 valence electrons. The fourth-order valence-electron chi connectivity index (χ4n) is 2.45. The zero-order valence-electron chi connectivity index (χ0n) is 14.5. The smallest absolute Gasteiger partial charge is 0.272 e. The second-order valence-electron chi connectivity index (χ2n) is 5.57. The molecule has 2 heterocycles. The minimum atomic E-state index is -4.42. The molecule has 0 atom stereocenters. The lowest BCUT2D eigenvalue weighted by Gasteiger charge is -2.13. The summed E-state index contributed by atoms with van der Waals surface area (Å²) in [5, 5.41) is -0.239. The number of aromatic amines is 1. The van der Waals surface area contributed by atoms with E-state index in [1.807, 2.05) is 4.72 Å². The normalized spacial score (nSPS) is 11.8. The van der Waals surface area contributed by atoms with E-state index in [1.54, 1.807) is 0 Å². The van der Waals surface area contributed by atoms with Crippen molar-refractivity contribution in [3.8, 4) is 11.6 Å². The Hall–Kier alpha value is -2.73. The van der Waals surface area contributed by atoms with Gasteiger partial charge in [0, 0.05) is 17.6 Å². The average molecular weight is 454 g/mol. The molecule has 0 amide bonds. The van der Waals surface area contributed by atoms with Crippen molar-refractivity contribution in [2.24, 2.45) is 0 Å². The van der Waals surface area contributed by atoms with E-state index in [1.165, 1.54) is 12.1 Å². The summed E-state index contributed by atoms with van der Waals surface area (Å²) in [5.41, 5.74) is -0.153. The Morgan fingerprint density at radius 3 is 2.69 bits per heavy atom. The number of nitrogens with one attached hydrogen (secondary N) is 2. The molecular weight excluding hydrogens is 442 g/mol. The molecule has 3 aromatic rings. The number of fused-ring (bicyclic) bond motifs is 1. The quantitative estimate of drug-likeness (QED) is 0.528. The third-order valence-electron chi connectivity index (χ3n) is 3.69. The van der Waals surface area contributed by atoms with Crippen molar-refractivity contribution < 1.29 is 35.5 Å². The van der Waals surface area contributed by atoms with Crippen LogP contribution in [-0.4, -0.2) is 38.5 Å². The van der Waals surface area contributed by atoms with Gasteiger partial charge >= 0.3 is 0 Å². The Labute approximate surface area is 166 Å². The summed E-state index contributed by atoms with van der Waals surface area (Å²) < 4.78 is 89.6. The van der Waals surface area contributed by atoms with Gasteiger partial charge in [-0.1, -0.05) is 11.6 Å². The first-order chi connectivity index (χ1) is 13.6. The van der Waals surface area contributed by atoms with E-state index in [9.17, 15) is 26.0 Å². The Balaban J connectivity index is 1.98. The van der Waals surface area contributed by atoms with E-state index in [4.69, 9.17) is 21.1 Å². The monoisotopic (exact) mass is 453 g/mol. The highest BCUT2D eigenvalue weighted by molar-refractivity contribution is 7.93. The van der Waals surface area contributed by atoms with Crippen LogP contribution in [-0.2, 0) is 10.0 Å². The highest BCUT2D eigenvalue weighted by atomic mass is 35.5. The van der Waals surface area contributed by atoms with E-state index in [-0.39, 0.29) is 20.8 Å². The SMILES string of the molecule is COc1nc(NS(=O)(=O)c2c[nH]c3c(F)c(Cl)ccc23)c(F)cc1OCC(F)F. The number of benzene rings is 1. The molecule has 2 N–H and O–H groups in total. The largest absolute Gasteiger partial charge is 0.482 e. The van der Waals surface area contributed by atoms with Crippen LogP contribution in [0.15, 0.2) is 29.3 Å². The highest BCUT2D eigenvalue weighted by Crippen LogP contribution is 2.32. The number of pyridine rings is 1. The lowest BCUT2D eigenvalue weighted by Crippen LogP contribution is -2.16. The standard InChI is InChI=1S/C16H12ClF4N3O4S/c1-27-16-10(28-6-12(19)20)4-9(18)15(23-16)24-29(25,26)11-5-22-14-7(11)2-3-8(17)13(14)21/h2-5,12,22H,6H2,1H3,(H,23,24). The maximum Gasteiger partial charge on any atom is 0.272 e. The molecule has 3 rings (SSSR count). The molecule has 29 heavy (non-hydrogen) atoms. The summed E-state index contributed by atoms with van der Waals surface area (Å²) in [7, 11) is -3.31. The zero-order chi connectivity index (χ0) is 21.3. The molecule has 0 aliphatic heterocycles. The van der Waals surface area contributed by atoms with E-state index in [2.05, 4.69) is 9.97 Å². The lowest BCUT2D eigenvalue weighted by molar-refractivity contribution is 0.0799. The van der Waals surface area contributed by atoms with Gasteiger partial charge in [-0.2, -0.15) is 4.98 Å². The zero-order valence-corrected chi connectivity index (χ0v) is 16.0. The Kier molecular flexibility index (Phi) is 5.75. The molecule has 0 aliphatic rings. The van der Waals surface area contributed by atoms with E-state index < -0.39 is 52.1 Å². The van der Waals surface area contributed by atoms with Gasteiger partial charge in [0.2, 0.25) is 0 Å². The van der Waals surface area contributed by atoms with Gasteiger partial charge in [-0.05, 0) is 12.1 Å². The summed E-state index contributed by atoms with van der Waals surface area (Å²) in [6, 6.07) is 3.10. The summed E-state index contributed by atoms with van der Waals surface area (Å²) in [4.78, 5) is 5.68. The van der Waals surface area contributed by atoms with Gasteiger partial charge < -0.3 is 14.5 Å². The fraction of sp³-hybridized carbons (Fsp3) is 0.188. The number of H-pyrrole nitrogens is 1. The second kappa shape index (κ2) is 7.95. The summed E-state index contributed by atoms with van der Waals surface area (Å²) in [6.45, 7) is -1.04. The van der Waals surface area contributed by atoms with E-state index in [0.717, 1.165) is 13.3 Å². The highest BCUT2D eigenvalue weighted by Gasteiger charge is 2.25. The summed E-state index contributed by atoms with van der Waals surface area (Å²) in [6.07, 6.45) is -1.82. The Morgan fingerprint density at radius 1 is 1.31 bits per heavy atom. The summed E-state index contributed by atoms with van der Waals surface area (Å²) in [5.74, 6) is -3.67. The molecule has 0 fully saturated rings. The number of hydrogen-bond donors (Lipinski definition) is 2. The van der Waals surface area contributed by atoms with Gasteiger partial charge in [-0.15, -0.1) is 0 Å². The van der Waals surface area contributed by atoms with Crippen LogP contribution in [0, 0.1) is 11.6 Å². The van der Waals surface area contributed by atoms with Gasteiger partial charge in [0.15, 0.2) is 23.2 Å². The maximum atomic E-state index is 14.3. The fourth-order valence-corrected chi connectivity index (χ4v) is 3.79. The Bertz CT molecular complexity index is 1170. The topological polar surface area (TPSA) is 93.3 Å². The first-order valence-corrected chi connectivity index (χ1v) is 9.63. The number of ether oxygens (including phenoxy) is 2. The molecule has 1 aromatic carbocycles. The number of methoxy groups -OCH3 is 1. The molecule has 0 saturated carbocycles. The first kappa shape index (κ1) is 21.0. The van der Waals surface area contributed by atoms with Gasteiger partial charge in [0.05, 0.1) is 17.6 Å². The van der Waals surface area contributed by atoms with Crippen molar-refractivity contribution in [2.75, 3.05) is 18.4 Å². The van der Waals surface area contributed by atoms with Crippen molar-refractivity contribution in [1.82, 2.24) is 9.97 Å². The molecule has 0 radical (unpaired) electrons. The average Bonchev–Trinajstić information content (AvgIpc) is 3.10. The number of sulfonamides is 1. The van der Waals surface area contributed by atoms with E-state index in [0.29, 0.717) is 6.07 Å². The number of aromatic nitrogens is 2. The van der Waals surface area contributed by atoms with Crippen molar-refractivity contribution in [1.29, 1.82) is 0 Å². The predicted molar refractivity (Wildman–Crippen MR) is 96.3 cm³/mol. The maximum absolute atomic E-state index is 14.3. The van der Waals surface area contributed by atoms with Crippen LogP contribution >= 0.6 is 11.6 Å². The number of nitrogens with zero attached hydrogens (tertiary/aromatic N) is 1. The molecule has 0 spiro atoms. The predicted octanol–water partition coefficient (Wildman–Crippen LogP) is 3.95. The molecule has 2 aromatic heterocycles. The summed E-state index contributed by atoms with van der Waals surface area (Å²) >= 11 is 5.66. The van der Waals surface area contributed by atoms with Crippen LogP contribution in [0.5, 0.6) is 11.6 Å². The molecule has 13 heteroatoms. The van der Waals surface area contributed by atoms with Crippen LogP contribution in [0.2, 0.25) is 5.02 Å². The lowest BCUT2D eigenvalue weighted by atomic mass is 10.2. The first-order valence-electron chi connectivity index (χ1n) is 7.77. The van der Waals surface area contributed by atoms with Crippen LogP contribution in [0.25, 0.3) is 10.9 Å². The molecule has 0 aliphatic carbocycles. The number of alkyl halides is 2. The third kappa shape index (κ3) is 4.17. The van der Waals surface area contributed by atoms with Crippen LogP contribution in [0.1, 0.15) is 0 Å². The van der Waals surface area contributed by atoms with Crippen molar-refractivity contribution in [2.45, 2.75) is 11.3 Å². The minimum absolute atomic E-state index is 0.0244. The molecular formula is C16H12ClF4N3O4S. The number of halogens is 5. The van der Waals surface area contributed by atoms with Crippen LogP contribution < -0.4 is 14.2 Å². The third-order valence-corrected chi connectivity index (χ3v) is 5.37. The van der Waals surface area contributed by atoms with Crippen molar-refractivity contribution in [3.05, 3.63) is 41.1 Å². The van der Waals surface area contributed by atoms with Gasteiger partial charge in [-0.25, -0.2) is 26.0 Å². The minimum Gasteiger partial charge on any atom is -0.482 e. The van der Waals surface area contributed by atoms with Gasteiger partial charge in [-0.3, -0.25) is 4.72 Å². The van der Waals surface area contributed by atoms with Crippen LogP contribution in [0.3, 0.4) is 0 Å². The van der Waals surface area contributed by atoms with E-state index >= 15 is 0 Å². The van der Waals surface area contributed by atoms with Crippen molar-refractivity contribution in [3.63, 3.8) is 0 Å². The Morgan fingerprint density at radius 2 is 2.03 bits per heavy atom.